The van der Waals surface area contributed by atoms with E-state index >= 15 is 0 Å². The van der Waals surface area contributed by atoms with Crippen LogP contribution in [0.5, 0.6) is 5.75 Å². The molecule has 4 nitrogen and oxygen atoms in total. The number of hydrogen-bond donors (Lipinski definition) is 2. The minimum absolute atomic E-state index is 0.129. The Bertz CT molecular complexity index is 474. The van der Waals surface area contributed by atoms with E-state index in [1.165, 1.54) is 0 Å². The molecular formula is C16H23NO3. The van der Waals surface area contributed by atoms with Crippen molar-refractivity contribution in [1.82, 2.24) is 4.90 Å². The van der Waals surface area contributed by atoms with Crippen LogP contribution in [0.25, 0.3) is 0 Å². The number of nitrogens with zero attached hydrogens (tertiary/aromatic N) is 1. The summed E-state index contributed by atoms with van der Waals surface area (Å²) in [6, 6.07) is 6.05. The number of ether oxygens (including phenoxy) is 1. The van der Waals surface area contributed by atoms with E-state index < -0.39 is 0 Å². The van der Waals surface area contributed by atoms with E-state index in [0.717, 1.165) is 16.9 Å². The normalized spacial score (nSPS) is 10.6. The number of hydrogen-bond acceptors (Lipinski definition) is 4. The van der Waals surface area contributed by atoms with Crippen molar-refractivity contribution in [2.24, 2.45) is 0 Å². The molecule has 1 rings (SSSR count). The molecule has 0 aromatic heterocycles. The third-order valence-electron chi connectivity index (χ3n) is 3.08. The Morgan fingerprint density at radius 1 is 1.30 bits per heavy atom. The van der Waals surface area contributed by atoms with Crippen LogP contribution >= 0.6 is 0 Å². The third kappa shape index (κ3) is 4.86. The Labute approximate surface area is 121 Å². The summed E-state index contributed by atoms with van der Waals surface area (Å²) in [4.78, 5) is 2.17. The number of rotatable bonds is 6. The highest BCUT2D eigenvalue weighted by Gasteiger charge is 2.13. The minimum Gasteiger partial charge on any atom is -0.496 e. The molecule has 0 aliphatic rings. The smallest absolute Gasteiger partial charge is 0.123 e. The van der Waals surface area contributed by atoms with Crippen molar-refractivity contribution in [2.75, 3.05) is 26.9 Å². The molecule has 0 radical (unpaired) electrons. The predicted octanol–water partition coefficient (Wildman–Crippen LogP) is 1.24. The molecule has 0 atom stereocenters. The van der Waals surface area contributed by atoms with Crippen molar-refractivity contribution < 1.29 is 14.9 Å². The second kappa shape index (κ2) is 8.60. The first-order chi connectivity index (χ1) is 9.62. The molecular weight excluding hydrogens is 254 g/mol. The molecule has 0 aliphatic carbocycles. The SMILES string of the molecule is COc1ccc(C#CCO)cc1CN(CCO)C(C)C. The van der Waals surface area contributed by atoms with E-state index in [9.17, 15) is 0 Å². The molecule has 0 aliphatic heterocycles. The predicted molar refractivity (Wildman–Crippen MR) is 79.6 cm³/mol. The molecule has 0 unspecified atom stereocenters. The van der Waals surface area contributed by atoms with Crippen LogP contribution < -0.4 is 4.74 Å². The lowest BCUT2D eigenvalue weighted by molar-refractivity contribution is 0.158. The van der Waals surface area contributed by atoms with Gasteiger partial charge in [0.05, 0.1) is 13.7 Å². The summed E-state index contributed by atoms with van der Waals surface area (Å²) < 4.78 is 5.38. The van der Waals surface area contributed by atoms with Crippen molar-refractivity contribution in [3.63, 3.8) is 0 Å². The second-order valence-corrected chi connectivity index (χ2v) is 4.77. The third-order valence-corrected chi connectivity index (χ3v) is 3.08. The Balaban J connectivity index is 3.00. The highest BCUT2D eigenvalue weighted by Crippen LogP contribution is 2.22. The van der Waals surface area contributed by atoms with Crippen LogP contribution in [0, 0.1) is 11.8 Å². The maximum atomic E-state index is 9.14. The molecule has 4 heteroatoms. The second-order valence-electron chi connectivity index (χ2n) is 4.77. The van der Waals surface area contributed by atoms with Crippen LogP contribution in [0.2, 0.25) is 0 Å². The molecule has 0 heterocycles. The first-order valence-corrected chi connectivity index (χ1v) is 6.74. The fraction of sp³-hybridized carbons (Fsp3) is 0.500. The van der Waals surface area contributed by atoms with Gasteiger partial charge in [-0.05, 0) is 32.0 Å². The zero-order valence-corrected chi connectivity index (χ0v) is 12.4. The first kappa shape index (κ1) is 16.5. The lowest BCUT2D eigenvalue weighted by Gasteiger charge is -2.26. The molecule has 0 saturated carbocycles. The summed E-state index contributed by atoms with van der Waals surface area (Å²) in [5.74, 6) is 6.35. The molecule has 20 heavy (non-hydrogen) atoms. The van der Waals surface area contributed by atoms with E-state index in [1.54, 1.807) is 7.11 Å². The zero-order chi connectivity index (χ0) is 15.0. The van der Waals surface area contributed by atoms with Crippen LogP contribution in [-0.2, 0) is 6.54 Å². The average molecular weight is 277 g/mol. The summed E-state index contributed by atoms with van der Waals surface area (Å²) >= 11 is 0. The van der Waals surface area contributed by atoms with Crippen LogP contribution in [0.1, 0.15) is 25.0 Å². The average Bonchev–Trinajstić information content (AvgIpc) is 2.44. The molecule has 0 spiro atoms. The van der Waals surface area contributed by atoms with Gasteiger partial charge in [-0.15, -0.1) is 0 Å². The highest BCUT2D eigenvalue weighted by molar-refractivity contribution is 5.44. The highest BCUT2D eigenvalue weighted by atomic mass is 16.5. The monoisotopic (exact) mass is 277 g/mol. The number of aliphatic hydroxyl groups is 2. The number of aliphatic hydroxyl groups excluding tert-OH is 2. The Hall–Kier alpha value is -1.54. The minimum atomic E-state index is -0.149. The largest absolute Gasteiger partial charge is 0.496 e. The number of benzene rings is 1. The molecule has 1 aromatic rings. The number of methoxy groups -OCH3 is 1. The van der Waals surface area contributed by atoms with E-state index in [-0.39, 0.29) is 13.2 Å². The van der Waals surface area contributed by atoms with Crippen molar-refractivity contribution in [1.29, 1.82) is 0 Å². The fourth-order valence-corrected chi connectivity index (χ4v) is 1.99. The molecule has 1 aromatic carbocycles. The lowest BCUT2D eigenvalue weighted by atomic mass is 10.1. The summed E-state index contributed by atoms with van der Waals surface area (Å²) in [7, 11) is 1.64. The standard InChI is InChI=1S/C16H23NO3/c1-13(2)17(8-10-19)12-15-11-14(5-4-9-18)6-7-16(15)20-3/h6-7,11,13,18-19H,8-10,12H2,1-3H3. The first-order valence-electron chi connectivity index (χ1n) is 6.74. The zero-order valence-electron chi connectivity index (χ0n) is 12.4. The lowest BCUT2D eigenvalue weighted by Crippen LogP contribution is -2.33. The van der Waals surface area contributed by atoms with Gasteiger partial charge in [-0.1, -0.05) is 11.8 Å². The Morgan fingerprint density at radius 3 is 2.60 bits per heavy atom. The molecule has 2 N–H and O–H groups in total. The quantitative estimate of drug-likeness (QED) is 0.768. The van der Waals surface area contributed by atoms with Crippen molar-refractivity contribution in [3.05, 3.63) is 29.3 Å². The molecule has 0 saturated heterocycles. The van der Waals surface area contributed by atoms with Gasteiger partial charge in [0.1, 0.15) is 12.4 Å². The summed E-state index contributed by atoms with van der Waals surface area (Å²) in [6.45, 7) is 5.48. The molecule has 0 bridgehead atoms. The summed E-state index contributed by atoms with van der Waals surface area (Å²) in [5.41, 5.74) is 1.88. The topological polar surface area (TPSA) is 52.9 Å². The van der Waals surface area contributed by atoms with Crippen LogP contribution in [0.4, 0.5) is 0 Å². The van der Waals surface area contributed by atoms with Crippen LogP contribution in [-0.4, -0.2) is 48.0 Å². The van der Waals surface area contributed by atoms with Crippen molar-refractivity contribution in [2.45, 2.75) is 26.4 Å². The van der Waals surface area contributed by atoms with Gasteiger partial charge in [0.2, 0.25) is 0 Å². The van der Waals surface area contributed by atoms with Crippen molar-refractivity contribution >= 4 is 0 Å². The Kier molecular flexibility index (Phi) is 7.10. The Morgan fingerprint density at radius 2 is 2.05 bits per heavy atom. The van der Waals surface area contributed by atoms with E-state index in [0.29, 0.717) is 19.1 Å². The van der Waals surface area contributed by atoms with Gasteiger partial charge >= 0.3 is 0 Å². The maximum Gasteiger partial charge on any atom is 0.123 e. The van der Waals surface area contributed by atoms with Gasteiger partial charge in [-0.25, -0.2) is 0 Å². The van der Waals surface area contributed by atoms with Gasteiger partial charge in [-0.2, -0.15) is 0 Å². The van der Waals surface area contributed by atoms with Gasteiger partial charge in [-0.3, -0.25) is 4.90 Å². The van der Waals surface area contributed by atoms with E-state index in [4.69, 9.17) is 14.9 Å². The van der Waals surface area contributed by atoms with Gasteiger partial charge in [0.15, 0.2) is 0 Å². The van der Waals surface area contributed by atoms with E-state index in [1.807, 2.05) is 18.2 Å². The van der Waals surface area contributed by atoms with Gasteiger partial charge < -0.3 is 14.9 Å². The summed E-state index contributed by atoms with van der Waals surface area (Å²) in [5, 5.41) is 17.9. The fourth-order valence-electron chi connectivity index (χ4n) is 1.99. The van der Waals surface area contributed by atoms with Gasteiger partial charge in [0, 0.05) is 30.3 Å². The van der Waals surface area contributed by atoms with Crippen molar-refractivity contribution in [3.8, 4) is 17.6 Å². The molecule has 110 valence electrons. The van der Waals surface area contributed by atoms with E-state index in [2.05, 4.69) is 30.6 Å². The summed E-state index contributed by atoms with van der Waals surface area (Å²) in [6.07, 6.45) is 0. The molecule has 0 amide bonds. The maximum absolute atomic E-state index is 9.14. The van der Waals surface area contributed by atoms with Gasteiger partial charge in [0.25, 0.3) is 0 Å². The molecule has 0 fully saturated rings. The van der Waals surface area contributed by atoms with Crippen LogP contribution in [0.15, 0.2) is 18.2 Å². The van der Waals surface area contributed by atoms with Crippen LogP contribution in [0.3, 0.4) is 0 Å².